The number of ether oxygens (including phenoxy) is 1. The third-order valence-electron chi connectivity index (χ3n) is 2.39. The van der Waals surface area contributed by atoms with E-state index < -0.39 is 0 Å². The summed E-state index contributed by atoms with van der Waals surface area (Å²) in [5, 5.41) is 0. The summed E-state index contributed by atoms with van der Waals surface area (Å²) in [5.74, 6) is 0.127. The minimum absolute atomic E-state index is 0.102. The lowest BCUT2D eigenvalue weighted by molar-refractivity contribution is -0.113. The summed E-state index contributed by atoms with van der Waals surface area (Å²) in [5.41, 5.74) is 0.799. The fourth-order valence-corrected chi connectivity index (χ4v) is 1.26. The molecule has 0 aliphatic heterocycles. The van der Waals surface area contributed by atoms with Crippen molar-refractivity contribution in [1.82, 2.24) is 0 Å². The number of methoxy groups -OCH3 is 1. The third-order valence-corrected chi connectivity index (χ3v) is 2.39. The largest absolute Gasteiger partial charge is 0.377 e. The van der Waals surface area contributed by atoms with Gasteiger partial charge in [-0.3, -0.25) is 4.79 Å². The van der Waals surface area contributed by atoms with Gasteiger partial charge < -0.3 is 4.74 Å². The summed E-state index contributed by atoms with van der Waals surface area (Å²) in [4.78, 5) is 11.0. The number of ketones is 1. The normalized spacial score (nSPS) is 14.1. The number of rotatable bonds is 7. The Morgan fingerprint density at radius 1 is 1.36 bits per heavy atom. The number of carbonyl (C=O) groups is 1. The minimum atomic E-state index is 0.102. The molecular weight excluding hydrogens is 176 g/mol. The molecule has 0 saturated heterocycles. The topological polar surface area (TPSA) is 26.3 Å². The van der Waals surface area contributed by atoms with Crippen LogP contribution in [0.3, 0.4) is 0 Å². The van der Waals surface area contributed by atoms with Gasteiger partial charge in [0.25, 0.3) is 0 Å². The fourth-order valence-electron chi connectivity index (χ4n) is 1.26. The van der Waals surface area contributed by atoms with Crippen LogP contribution in [0.2, 0.25) is 0 Å². The second-order valence-corrected chi connectivity index (χ2v) is 3.68. The minimum Gasteiger partial charge on any atom is -0.377 e. The van der Waals surface area contributed by atoms with Crippen LogP contribution < -0.4 is 0 Å². The molecule has 0 N–H and O–H groups in total. The monoisotopic (exact) mass is 198 g/mol. The predicted molar refractivity (Wildman–Crippen MR) is 59.4 cm³/mol. The molecule has 0 heterocycles. The number of carbonyl (C=O) groups excluding carboxylic acids is 1. The van der Waals surface area contributed by atoms with Gasteiger partial charge in [0.2, 0.25) is 0 Å². The van der Waals surface area contributed by atoms with Crippen molar-refractivity contribution in [2.24, 2.45) is 0 Å². The Hall–Kier alpha value is -0.630. The molecule has 1 atom stereocenters. The summed E-state index contributed by atoms with van der Waals surface area (Å²) in [6.45, 7) is 5.61. The zero-order chi connectivity index (χ0) is 11.0. The van der Waals surface area contributed by atoms with Crippen molar-refractivity contribution in [2.45, 2.75) is 52.6 Å². The lowest BCUT2D eigenvalue weighted by Gasteiger charge is -2.11. The van der Waals surface area contributed by atoms with E-state index in [9.17, 15) is 4.79 Å². The molecule has 0 fully saturated rings. The molecule has 0 aliphatic rings. The number of hydrogen-bond acceptors (Lipinski definition) is 2. The number of hydrogen-bond donors (Lipinski definition) is 0. The summed E-state index contributed by atoms with van der Waals surface area (Å²) in [6.07, 6.45) is 6.65. The molecule has 0 radical (unpaired) electrons. The van der Waals surface area contributed by atoms with Crippen molar-refractivity contribution in [3.8, 4) is 0 Å². The first-order valence-corrected chi connectivity index (χ1v) is 5.34. The average molecular weight is 198 g/mol. The van der Waals surface area contributed by atoms with Gasteiger partial charge in [0, 0.05) is 7.11 Å². The van der Waals surface area contributed by atoms with Gasteiger partial charge in [0.05, 0.1) is 6.10 Å². The first-order valence-electron chi connectivity index (χ1n) is 5.34. The zero-order valence-corrected chi connectivity index (χ0v) is 9.80. The molecule has 0 aromatic carbocycles. The highest BCUT2D eigenvalue weighted by molar-refractivity contribution is 5.92. The molecule has 0 aromatic rings. The van der Waals surface area contributed by atoms with Gasteiger partial charge in [-0.05, 0) is 31.9 Å². The Kier molecular flexibility index (Phi) is 7.40. The molecule has 82 valence electrons. The molecule has 0 aliphatic carbocycles. The maximum absolute atomic E-state index is 11.0. The van der Waals surface area contributed by atoms with Crippen LogP contribution in [0.1, 0.15) is 46.5 Å². The van der Waals surface area contributed by atoms with E-state index in [-0.39, 0.29) is 11.9 Å². The van der Waals surface area contributed by atoms with E-state index in [1.165, 1.54) is 12.8 Å². The number of allylic oxidation sites excluding steroid dienone is 1. The first kappa shape index (κ1) is 13.4. The maximum atomic E-state index is 11.0. The lowest BCUT2D eigenvalue weighted by Crippen LogP contribution is -2.09. The van der Waals surface area contributed by atoms with E-state index in [1.54, 1.807) is 14.0 Å². The Balaban J connectivity index is 4.01. The van der Waals surface area contributed by atoms with Crippen LogP contribution in [0.25, 0.3) is 0 Å². The highest BCUT2D eigenvalue weighted by Crippen LogP contribution is 2.09. The van der Waals surface area contributed by atoms with E-state index in [2.05, 4.69) is 6.92 Å². The van der Waals surface area contributed by atoms with E-state index in [0.717, 1.165) is 18.4 Å². The van der Waals surface area contributed by atoms with E-state index in [1.807, 2.05) is 13.0 Å². The second kappa shape index (κ2) is 7.74. The van der Waals surface area contributed by atoms with Gasteiger partial charge in [-0.15, -0.1) is 0 Å². The molecular formula is C12H22O2. The zero-order valence-electron chi connectivity index (χ0n) is 9.80. The molecule has 0 spiro atoms. The summed E-state index contributed by atoms with van der Waals surface area (Å²) >= 11 is 0. The third kappa shape index (κ3) is 5.92. The molecule has 2 heteroatoms. The molecule has 0 rings (SSSR count). The van der Waals surface area contributed by atoms with E-state index >= 15 is 0 Å². The quantitative estimate of drug-likeness (QED) is 0.464. The maximum Gasteiger partial charge on any atom is 0.155 e. The average Bonchev–Trinajstić information content (AvgIpc) is 2.16. The van der Waals surface area contributed by atoms with Crippen molar-refractivity contribution >= 4 is 5.78 Å². The van der Waals surface area contributed by atoms with Gasteiger partial charge in [0.1, 0.15) is 0 Å². The Bertz CT molecular complexity index is 194. The predicted octanol–water partition coefficient (Wildman–Crippen LogP) is 3.12. The van der Waals surface area contributed by atoms with Crippen LogP contribution in [-0.2, 0) is 9.53 Å². The summed E-state index contributed by atoms with van der Waals surface area (Å²) < 4.78 is 5.29. The number of Topliss-reactive ketones (excluding diaryl/α,β-unsaturated/α-hetero) is 1. The second-order valence-electron chi connectivity index (χ2n) is 3.68. The fraction of sp³-hybridized carbons (Fsp3) is 0.750. The molecule has 0 saturated carbocycles. The van der Waals surface area contributed by atoms with Gasteiger partial charge in [-0.25, -0.2) is 0 Å². The Morgan fingerprint density at radius 2 is 2.00 bits per heavy atom. The van der Waals surface area contributed by atoms with Crippen LogP contribution in [0.5, 0.6) is 0 Å². The molecule has 0 bridgehead atoms. The Labute approximate surface area is 87.3 Å². The molecule has 1 unspecified atom stereocenters. The smallest absolute Gasteiger partial charge is 0.155 e. The summed E-state index contributed by atoms with van der Waals surface area (Å²) in [6, 6.07) is 0. The van der Waals surface area contributed by atoms with Crippen LogP contribution in [-0.4, -0.2) is 19.0 Å². The highest BCUT2D eigenvalue weighted by Gasteiger charge is 2.05. The standard InChI is InChI=1S/C12H22O2/c1-5-6-7-8-12(14-4)9-10(2)11(3)13/h9,12H,5-8H2,1-4H3. The van der Waals surface area contributed by atoms with Crippen LogP contribution >= 0.6 is 0 Å². The SMILES string of the molecule is CCCCCC(C=C(C)C(C)=O)OC. The highest BCUT2D eigenvalue weighted by atomic mass is 16.5. The van der Waals surface area contributed by atoms with E-state index in [0.29, 0.717) is 0 Å². The molecule has 0 amide bonds. The molecule has 14 heavy (non-hydrogen) atoms. The molecule has 2 nitrogen and oxygen atoms in total. The Morgan fingerprint density at radius 3 is 2.43 bits per heavy atom. The van der Waals surface area contributed by atoms with Crippen LogP contribution in [0.4, 0.5) is 0 Å². The van der Waals surface area contributed by atoms with E-state index in [4.69, 9.17) is 4.74 Å². The van der Waals surface area contributed by atoms with Gasteiger partial charge >= 0.3 is 0 Å². The number of unbranched alkanes of at least 4 members (excludes halogenated alkanes) is 2. The summed E-state index contributed by atoms with van der Waals surface area (Å²) in [7, 11) is 1.69. The first-order chi connectivity index (χ1) is 6.61. The van der Waals surface area contributed by atoms with Gasteiger partial charge in [-0.2, -0.15) is 0 Å². The van der Waals surface area contributed by atoms with Crippen molar-refractivity contribution in [2.75, 3.05) is 7.11 Å². The van der Waals surface area contributed by atoms with Crippen molar-refractivity contribution in [3.05, 3.63) is 11.6 Å². The lowest BCUT2D eigenvalue weighted by atomic mass is 10.1. The van der Waals surface area contributed by atoms with Gasteiger partial charge in [0.15, 0.2) is 5.78 Å². The molecule has 0 aromatic heterocycles. The van der Waals surface area contributed by atoms with Crippen molar-refractivity contribution in [3.63, 3.8) is 0 Å². The van der Waals surface area contributed by atoms with Crippen LogP contribution in [0, 0.1) is 0 Å². The van der Waals surface area contributed by atoms with Crippen molar-refractivity contribution in [1.29, 1.82) is 0 Å². The van der Waals surface area contributed by atoms with Crippen LogP contribution in [0.15, 0.2) is 11.6 Å². The van der Waals surface area contributed by atoms with Gasteiger partial charge in [-0.1, -0.05) is 26.2 Å². The van der Waals surface area contributed by atoms with Crippen molar-refractivity contribution < 1.29 is 9.53 Å².